The molecule has 1 aromatic heterocycles. The van der Waals surface area contributed by atoms with Crippen LogP contribution in [0.15, 0.2) is 53.5 Å². The van der Waals surface area contributed by atoms with Crippen molar-refractivity contribution in [2.45, 2.75) is 12.6 Å². The lowest BCUT2D eigenvalue weighted by Crippen LogP contribution is -2.18. The Kier molecular flexibility index (Phi) is 4.73. The molecule has 2 aromatic carbocycles. The number of carbonyl (C=O) groups excluding carboxylic acids is 1. The van der Waals surface area contributed by atoms with Gasteiger partial charge in [-0.05, 0) is 35.9 Å². The number of carbonyl (C=O) groups is 1. The number of H-pyrrole nitrogens is 1. The maximum Gasteiger partial charge on any atom is 0.416 e. The average Bonchev–Trinajstić information content (AvgIpc) is 2.56. The summed E-state index contributed by atoms with van der Waals surface area (Å²) in [6.45, 7) is 0. The van der Waals surface area contributed by atoms with E-state index >= 15 is 0 Å². The lowest BCUT2D eigenvalue weighted by atomic mass is 10.0. The Labute approximate surface area is 150 Å². The van der Waals surface area contributed by atoms with E-state index in [4.69, 9.17) is 11.6 Å². The zero-order valence-corrected chi connectivity index (χ0v) is 13.9. The van der Waals surface area contributed by atoms with Crippen molar-refractivity contribution < 1.29 is 18.0 Å². The first-order chi connectivity index (χ1) is 12.3. The third-order valence-corrected chi connectivity index (χ3v) is 4.05. The number of fused-ring (bicyclic) bond motifs is 1. The topological polar surface area (TPSA) is 62.0 Å². The van der Waals surface area contributed by atoms with Crippen molar-refractivity contribution >= 4 is 34.0 Å². The number of aromatic nitrogens is 1. The Morgan fingerprint density at radius 1 is 1.12 bits per heavy atom. The summed E-state index contributed by atoms with van der Waals surface area (Å²) in [6, 6.07) is 9.63. The Morgan fingerprint density at radius 2 is 1.88 bits per heavy atom. The minimum Gasteiger partial charge on any atom is -0.329 e. The average molecular weight is 381 g/mol. The van der Waals surface area contributed by atoms with E-state index in [9.17, 15) is 22.8 Å². The summed E-state index contributed by atoms with van der Waals surface area (Å²) in [7, 11) is 0. The number of nitrogens with one attached hydrogen (secondary N) is 2. The number of pyridine rings is 1. The summed E-state index contributed by atoms with van der Waals surface area (Å²) in [5.74, 6) is -0.634. The third-order valence-electron chi connectivity index (χ3n) is 3.82. The second-order valence-electron chi connectivity index (χ2n) is 5.60. The number of halogens is 4. The van der Waals surface area contributed by atoms with Crippen LogP contribution in [0.1, 0.15) is 11.1 Å². The smallest absolute Gasteiger partial charge is 0.329 e. The van der Waals surface area contributed by atoms with Crippen molar-refractivity contribution in [2.24, 2.45) is 0 Å². The van der Waals surface area contributed by atoms with Gasteiger partial charge in [0.2, 0.25) is 5.91 Å². The van der Waals surface area contributed by atoms with E-state index in [0.29, 0.717) is 16.5 Å². The van der Waals surface area contributed by atoms with Crippen LogP contribution in [0.25, 0.3) is 10.8 Å². The van der Waals surface area contributed by atoms with Gasteiger partial charge in [0.15, 0.2) is 0 Å². The quantitative estimate of drug-likeness (QED) is 0.708. The van der Waals surface area contributed by atoms with E-state index < -0.39 is 24.1 Å². The number of alkyl halides is 3. The SMILES string of the molecule is O=C(Cc1ccc(Cl)cc1C(F)(F)F)Nc1cccc2c(=O)[nH]ccc12. The van der Waals surface area contributed by atoms with E-state index in [2.05, 4.69) is 10.3 Å². The molecule has 3 rings (SSSR count). The molecule has 3 aromatic rings. The molecule has 8 heteroatoms. The predicted octanol–water partition coefficient (Wildman–Crippen LogP) is 4.38. The molecule has 0 saturated heterocycles. The summed E-state index contributed by atoms with van der Waals surface area (Å²) >= 11 is 5.64. The maximum atomic E-state index is 13.1. The van der Waals surface area contributed by atoms with Crippen LogP contribution in [0, 0.1) is 0 Å². The van der Waals surface area contributed by atoms with E-state index in [1.807, 2.05) is 0 Å². The second kappa shape index (κ2) is 6.84. The zero-order valence-electron chi connectivity index (χ0n) is 13.2. The fourth-order valence-corrected chi connectivity index (χ4v) is 2.84. The maximum absolute atomic E-state index is 13.1. The number of amides is 1. The highest BCUT2D eigenvalue weighted by Crippen LogP contribution is 2.34. The van der Waals surface area contributed by atoms with E-state index in [0.717, 1.165) is 6.07 Å². The molecule has 0 radical (unpaired) electrons. The highest BCUT2D eigenvalue weighted by Gasteiger charge is 2.34. The van der Waals surface area contributed by atoms with Crippen molar-refractivity contribution in [1.82, 2.24) is 4.98 Å². The van der Waals surface area contributed by atoms with Gasteiger partial charge in [0, 0.05) is 27.7 Å². The summed E-state index contributed by atoms with van der Waals surface area (Å²) in [6.07, 6.45) is -3.67. The monoisotopic (exact) mass is 380 g/mol. The number of aromatic amines is 1. The molecule has 0 fully saturated rings. The molecular weight excluding hydrogens is 369 g/mol. The Morgan fingerprint density at radius 3 is 2.62 bits per heavy atom. The fourth-order valence-electron chi connectivity index (χ4n) is 2.66. The Balaban J connectivity index is 1.90. The van der Waals surface area contributed by atoms with E-state index in [1.54, 1.807) is 24.3 Å². The molecule has 26 heavy (non-hydrogen) atoms. The van der Waals surface area contributed by atoms with Crippen molar-refractivity contribution in [3.63, 3.8) is 0 Å². The number of benzene rings is 2. The zero-order chi connectivity index (χ0) is 18.9. The van der Waals surface area contributed by atoms with Gasteiger partial charge in [0.25, 0.3) is 5.56 Å². The van der Waals surface area contributed by atoms with E-state index in [-0.39, 0.29) is 16.1 Å². The van der Waals surface area contributed by atoms with Crippen LogP contribution < -0.4 is 10.9 Å². The standard InChI is InChI=1S/C18H12ClF3N2O2/c19-11-5-4-10(14(9-11)18(20,21)22)8-16(25)24-15-3-1-2-13-12(15)6-7-23-17(13)26/h1-7,9H,8H2,(H,23,26)(H,24,25). The van der Waals surface area contributed by atoms with Gasteiger partial charge in [-0.15, -0.1) is 0 Å². The number of rotatable bonds is 3. The molecular formula is C18H12ClF3N2O2. The Bertz CT molecular complexity index is 1040. The molecule has 4 nitrogen and oxygen atoms in total. The van der Waals surface area contributed by atoms with Gasteiger partial charge in [0.05, 0.1) is 12.0 Å². The van der Waals surface area contributed by atoms with Crippen molar-refractivity contribution in [3.8, 4) is 0 Å². The minimum absolute atomic E-state index is 0.0604. The van der Waals surface area contributed by atoms with Crippen LogP contribution in [0.2, 0.25) is 5.02 Å². The normalized spacial score (nSPS) is 11.5. The summed E-state index contributed by atoms with van der Waals surface area (Å²) in [5, 5.41) is 3.37. The lowest BCUT2D eigenvalue weighted by Gasteiger charge is -2.14. The molecule has 2 N–H and O–H groups in total. The van der Waals surface area contributed by atoms with Crippen LogP contribution in [0.3, 0.4) is 0 Å². The van der Waals surface area contributed by atoms with Gasteiger partial charge in [-0.3, -0.25) is 9.59 Å². The number of anilines is 1. The van der Waals surface area contributed by atoms with Crippen molar-refractivity contribution in [3.05, 3.63) is 75.2 Å². The first-order valence-corrected chi connectivity index (χ1v) is 7.89. The van der Waals surface area contributed by atoms with Crippen LogP contribution in [0.5, 0.6) is 0 Å². The van der Waals surface area contributed by atoms with Crippen LogP contribution in [-0.2, 0) is 17.4 Å². The molecule has 0 aliphatic heterocycles. The lowest BCUT2D eigenvalue weighted by molar-refractivity contribution is -0.138. The Hall–Kier alpha value is -2.80. The first-order valence-electron chi connectivity index (χ1n) is 7.51. The molecule has 0 aliphatic carbocycles. The molecule has 134 valence electrons. The molecule has 1 amide bonds. The van der Waals surface area contributed by atoms with Crippen LogP contribution in [-0.4, -0.2) is 10.9 Å². The highest BCUT2D eigenvalue weighted by molar-refractivity contribution is 6.30. The van der Waals surface area contributed by atoms with Gasteiger partial charge in [-0.1, -0.05) is 23.7 Å². The summed E-state index contributed by atoms with van der Waals surface area (Å²) in [5.41, 5.74) is -1.11. The molecule has 0 atom stereocenters. The van der Waals surface area contributed by atoms with Gasteiger partial charge in [0.1, 0.15) is 0 Å². The molecule has 1 heterocycles. The molecule has 0 spiro atoms. The highest BCUT2D eigenvalue weighted by atomic mass is 35.5. The van der Waals surface area contributed by atoms with Crippen molar-refractivity contribution in [2.75, 3.05) is 5.32 Å². The van der Waals surface area contributed by atoms with Crippen LogP contribution in [0.4, 0.5) is 18.9 Å². The van der Waals surface area contributed by atoms with Gasteiger partial charge in [-0.2, -0.15) is 13.2 Å². The summed E-state index contributed by atoms with van der Waals surface area (Å²) < 4.78 is 39.4. The first kappa shape index (κ1) is 18.0. The largest absolute Gasteiger partial charge is 0.416 e. The van der Waals surface area contributed by atoms with Crippen LogP contribution >= 0.6 is 11.6 Å². The van der Waals surface area contributed by atoms with Gasteiger partial charge in [-0.25, -0.2) is 0 Å². The molecule has 0 bridgehead atoms. The molecule has 0 unspecified atom stereocenters. The molecule has 0 saturated carbocycles. The fraction of sp³-hybridized carbons (Fsp3) is 0.111. The van der Waals surface area contributed by atoms with E-state index in [1.165, 1.54) is 18.3 Å². The minimum atomic E-state index is -4.62. The number of hydrogen-bond acceptors (Lipinski definition) is 2. The van der Waals surface area contributed by atoms with Gasteiger partial charge >= 0.3 is 6.18 Å². The second-order valence-corrected chi connectivity index (χ2v) is 6.03. The predicted molar refractivity (Wildman–Crippen MR) is 93.4 cm³/mol. The number of hydrogen-bond donors (Lipinski definition) is 2. The van der Waals surface area contributed by atoms with Crippen molar-refractivity contribution in [1.29, 1.82) is 0 Å². The summed E-state index contributed by atoms with van der Waals surface area (Å²) in [4.78, 5) is 26.6. The molecule has 0 aliphatic rings. The third kappa shape index (κ3) is 3.72. The van der Waals surface area contributed by atoms with Gasteiger partial charge < -0.3 is 10.3 Å².